The van der Waals surface area contributed by atoms with Crippen molar-refractivity contribution < 1.29 is 14.1 Å². The largest absolute Gasteiger partial charge is 0.452 e. The summed E-state index contributed by atoms with van der Waals surface area (Å²) < 4.78 is 19.0. The number of non-ortho nitro benzene ring substituents is 1. The maximum atomic E-state index is 13.8. The number of benzene rings is 2. The Morgan fingerprint density at radius 2 is 2.00 bits per heavy atom. The Labute approximate surface area is 118 Å². The molecule has 0 aromatic heterocycles. The minimum absolute atomic E-state index is 0.0141. The van der Waals surface area contributed by atoms with Gasteiger partial charge in [-0.2, -0.15) is 0 Å². The molecule has 2 aromatic carbocycles. The molecule has 0 saturated heterocycles. The van der Waals surface area contributed by atoms with Crippen molar-refractivity contribution in [3.8, 4) is 11.5 Å². The quantitative estimate of drug-likeness (QED) is 0.690. The molecule has 7 heteroatoms. The summed E-state index contributed by atoms with van der Waals surface area (Å²) in [6, 6.07) is 7.93. The van der Waals surface area contributed by atoms with E-state index in [0.717, 1.165) is 6.07 Å². The number of nitro groups is 1. The van der Waals surface area contributed by atoms with Gasteiger partial charge in [0.25, 0.3) is 5.69 Å². The molecule has 0 radical (unpaired) electrons. The number of hydrogen-bond donors (Lipinski definition) is 1. The van der Waals surface area contributed by atoms with Crippen LogP contribution in [0.25, 0.3) is 0 Å². The molecule has 0 aliphatic rings. The summed E-state index contributed by atoms with van der Waals surface area (Å²) in [4.78, 5) is 10.1. The smallest absolute Gasteiger partial charge is 0.273 e. The second-order valence-electron chi connectivity index (χ2n) is 3.94. The van der Waals surface area contributed by atoms with Crippen LogP contribution in [-0.4, -0.2) is 4.92 Å². The Bertz CT molecular complexity index is 664. The van der Waals surface area contributed by atoms with Gasteiger partial charge in [-0.25, -0.2) is 4.39 Å². The minimum Gasteiger partial charge on any atom is -0.452 e. The van der Waals surface area contributed by atoms with E-state index in [0.29, 0.717) is 5.56 Å². The lowest BCUT2D eigenvalue weighted by molar-refractivity contribution is -0.384. The molecule has 2 rings (SSSR count). The van der Waals surface area contributed by atoms with Gasteiger partial charge in [-0.15, -0.1) is 0 Å². The van der Waals surface area contributed by atoms with Crippen molar-refractivity contribution in [1.29, 1.82) is 0 Å². The number of nitrogens with zero attached hydrogens (tertiary/aromatic N) is 1. The van der Waals surface area contributed by atoms with Gasteiger partial charge in [0.05, 0.1) is 16.0 Å². The normalized spacial score (nSPS) is 10.3. The van der Waals surface area contributed by atoms with Gasteiger partial charge in [0.15, 0.2) is 17.3 Å². The first kappa shape index (κ1) is 14.2. The Hall–Kier alpha value is -2.18. The maximum absolute atomic E-state index is 13.8. The van der Waals surface area contributed by atoms with Crippen molar-refractivity contribution in [3.63, 3.8) is 0 Å². The summed E-state index contributed by atoms with van der Waals surface area (Å²) in [5.41, 5.74) is 5.81. The number of rotatable bonds is 4. The van der Waals surface area contributed by atoms with Gasteiger partial charge in [0.2, 0.25) is 0 Å². The number of hydrogen-bond acceptors (Lipinski definition) is 4. The Kier molecular flexibility index (Phi) is 4.16. The monoisotopic (exact) mass is 296 g/mol. The van der Waals surface area contributed by atoms with Crippen LogP contribution < -0.4 is 10.5 Å². The molecule has 0 aliphatic carbocycles. The topological polar surface area (TPSA) is 78.4 Å². The highest BCUT2D eigenvalue weighted by atomic mass is 35.5. The molecule has 0 unspecified atom stereocenters. The van der Waals surface area contributed by atoms with Crippen molar-refractivity contribution in [2.75, 3.05) is 0 Å². The molecule has 0 spiro atoms. The molecule has 0 aliphatic heterocycles. The van der Waals surface area contributed by atoms with Crippen LogP contribution in [0.3, 0.4) is 0 Å². The Morgan fingerprint density at radius 3 is 2.60 bits per heavy atom. The third kappa shape index (κ3) is 3.04. The Morgan fingerprint density at radius 1 is 1.25 bits per heavy atom. The van der Waals surface area contributed by atoms with Crippen LogP contribution in [-0.2, 0) is 6.54 Å². The lowest BCUT2D eigenvalue weighted by Crippen LogP contribution is -1.98. The van der Waals surface area contributed by atoms with E-state index in [4.69, 9.17) is 22.1 Å². The molecular weight excluding hydrogens is 287 g/mol. The summed E-state index contributed by atoms with van der Waals surface area (Å²) in [7, 11) is 0. The van der Waals surface area contributed by atoms with Crippen molar-refractivity contribution in [1.82, 2.24) is 0 Å². The maximum Gasteiger partial charge on any atom is 0.273 e. The zero-order valence-electron chi connectivity index (χ0n) is 10.2. The van der Waals surface area contributed by atoms with E-state index in [1.54, 1.807) is 6.07 Å². The molecule has 0 saturated carbocycles. The van der Waals surface area contributed by atoms with Gasteiger partial charge in [-0.3, -0.25) is 10.1 Å². The second kappa shape index (κ2) is 5.85. The zero-order valence-corrected chi connectivity index (χ0v) is 10.9. The summed E-state index contributed by atoms with van der Waals surface area (Å²) in [5, 5.41) is 10.8. The average molecular weight is 297 g/mol. The molecule has 0 fully saturated rings. The summed E-state index contributed by atoms with van der Waals surface area (Å²) in [6.45, 7) is 0.203. The van der Waals surface area contributed by atoms with Crippen LogP contribution in [0.4, 0.5) is 10.1 Å². The average Bonchev–Trinajstić information content (AvgIpc) is 2.42. The third-order valence-corrected chi connectivity index (χ3v) is 2.89. The van der Waals surface area contributed by atoms with Crippen molar-refractivity contribution in [2.45, 2.75) is 6.54 Å². The highest BCUT2D eigenvalue weighted by molar-refractivity contribution is 6.32. The fraction of sp³-hybridized carbons (Fsp3) is 0.0769. The van der Waals surface area contributed by atoms with E-state index in [1.807, 2.05) is 0 Å². The first-order valence-electron chi connectivity index (χ1n) is 5.61. The number of nitrogens with two attached hydrogens (primary N) is 1. The molecule has 2 aromatic rings. The molecule has 0 amide bonds. The van der Waals surface area contributed by atoms with Crippen LogP contribution in [0.2, 0.25) is 5.02 Å². The van der Waals surface area contributed by atoms with Gasteiger partial charge in [-0.1, -0.05) is 17.7 Å². The molecule has 2 N–H and O–H groups in total. The van der Waals surface area contributed by atoms with Gasteiger partial charge in [-0.05, 0) is 23.8 Å². The Balaban J connectivity index is 2.34. The fourth-order valence-corrected chi connectivity index (χ4v) is 1.71. The van der Waals surface area contributed by atoms with Crippen molar-refractivity contribution >= 4 is 17.3 Å². The molecule has 0 bridgehead atoms. The minimum atomic E-state index is -0.615. The van der Waals surface area contributed by atoms with E-state index in [1.165, 1.54) is 24.3 Å². The summed E-state index contributed by atoms with van der Waals surface area (Å²) in [5.74, 6) is -0.680. The summed E-state index contributed by atoms with van der Waals surface area (Å²) >= 11 is 5.87. The SMILES string of the molecule is NCc1ccc(Oc2cc([N+](=O)[O-])ccc2Cl)c(F)c1. The first-order valence-corrected chi connectivity index (χ1v) is 5.99. The van der Waals surface area contributed by atoms with Crippen LogP contribution in [0.1, 0.15) is 5.56 Å². The van der Waals surface area contributed by atoms with Crippen molar-refractivity contribution in [3.05, 3.63) is 62.9 Å². The van der Waals surface area contributed by atoms with E-state index in [9.17, 15) is 14.5 Å². The lowest BCUT2D eigenvalue weighted by atomic mass is 10.2. The predicted octanol–water partition coefficient (Wildman–Crippen LogP) is 3.64. The standard InChI is InChI=1S/C13H10ClFN2O3/c14-10-3-2-9(17(18)19)6-13(10)20-12-4-1-8(7-16)5-11(12)15/h1-6H,7,16H2. The van der Waals surface area contributed by atoms with E-state index < -0.39 is 10.7 Å². The predicted molar refractivity (Wildman–Crippen MR) is 72.5 cm³/mol. The molecule has 20 heavy (non-hydrogen) atoms. The molecular formula is C13H10ClFN2O3. The molecule has 0 atom stereocenters. The highest BCUT2D eigenvalue weighted by Crippen LogP contribution is 2.33. The van der Waals surface area contributed by atoms with Gasteiger partial charge in [0, 0.05) is 12.6 Å². The number of ether oxygens (including phenoxy) is 1. The number of nitro benzene ring substituents is 1. The first-order chi connectivity index (χ1) is 9.51. The van der Waals surface area contributed by atoms with Crippen molar-refractivity contribution in [2.24, 2.45) is 5.73 Å². The van der Waals surface area contributed by atoms with Gasteiger partial charge < -0.3 is 10.5 Å². The zero-order chi connectivity index (χ0) is 14.7. The van der Waals surface area contributed by atoms with E-state index in [-0.39, 0.29) is 28.8 Å². The van der Waals surface area contributed by atoms with Gasteiger partial charge in [0.1, 0.15) is 0 Å². The molecule has 0 heterocycles. The van der Waals surface area contributed by atoms with Crippen LogP contribution in [0, 0.1) is 15.9 Å². The third-order valence-electron chi connectivity index (χ3n) is 2.58. The summed E-state index contributed by atoms with van der Waals surface area (Å²) in [6.07, 6.45) is 0. The van der Waals surface area contributed by atoms with Crippen LogP contribution in [0.5, 0.6) is 11.5 Å². The molecule has 104 valence electrons. The van der Waals surface area contributed by atoms with E-state index in [2.05, 4.69) is 0 Å². The second-order valence-corrected chi connectivity index (χ2v) is 4.35. The van der Waals surface area contributed by atoms with Crippen LogP contribution >= 0.6 is 11.6 Å². The van der Waals surface area contributed by atoms with Crippen LogP contribution in [0.15, 0.2) is 36.4 Å². The molecule has 5 nitrogen and oxygen atoms in total. The number of halogens is 2. The fourth-order valence-electron chi connectivity index (χ4n) is 1.56. The highest BCUT2D eigenvalue weighted by Gasteiger charge is 2.13. The lowest BCUT2D eigenvalue weighted by Gasteiger charge is -2.09. The van der Waals surface area contributed by atoms with Gasteiger partial charge >= 0.3 is 0 Å². The van der Waals surface area contributed by atoms with E-state index >= 15 is 0 Å².